The molecule has 0 spiro atoms. The Morgan fingerprint density at radius 1 is 1.43 bits per heavy atom. The van der Waals surface area contributed by atoms with Gasteiger partial charge in [0.25, 0.3) is 0 Å². The lowest BCUT2D eigenvalue weighted by Crippen LogP contribution is -1.98. The Hall–Kier alpha value is -1.91. The predicted octanol–water partition coefficient (Wildman–Crippen LogP) is 1.20. The fourth-order valence-corrected chi connectivity index (χ4v) is 1.26. The molecular weight excluding hydrogens is 183 g/mol. The van der Waals surface area contributed by atoms with Gasteiger partial charge < -0.3 is 5.73 Å². The van der Waals surface area contributed by atoms with Crippen LogP contribution in [0.2, 0.25) is 0 Å². The molecule has 2 N–H and O–H groups in total. The third-order valence-electron chi connectivity index (χ3n) is 1.97. The minimum Gasteiger partial charge on any atom is -0.398 e. The zero-order valence-corrected chi connectivity index (χ0v) is 7.61. The molecule has 0 aliphatic heterocycles. The van der Waals surface area contributed by atoms with E-state index in [-0.39, 0.29) is 5.82 Å². The second kappa shape index (κ2) is 3.10. The lowest BCUT2D eigenvalue weighted by molar-refractivity contribution is 0.628. The van der Waals surface area contributed by atoms with Crippen LogP contribution in [0.4, 0.5) is 10.1 Å². The van der Waals surface area contributed by atoms with Crippen molar-refractivity contribution in [1.29, 1.82) is 0 Å². The highest BCUT2D eigenvalue weighted by atomic mass is 19.1. The maximum Gasteiger partial charge on any atom is 0.159 e. The fourth-order valence-electron chi connectivity index (χ4n) is 1.26. The molecule has 0 amide bonds. The lowest BCUT2D eigenvalue weighted by atomic mass is 10.1. The van der Waals surface area contributed by atoms with Crippen LogP contribution in [0.3, 0.4) is 0 Å². The molecule has 0 atom stereocenters. The summed E-state index contributed by atoms with van der Waals surface area (Å²) >= 11 is 0. The summed E-state index contributed by atoms with van der Waals surface area (Å²) in [6.07, 6.45) is 1.40. The molecular formula is C9H9FN4. The van der Waals surface area contributed by atoms with Crippen molar-refractivity contribution in [2.75, 3.05) is 5.73 Å². The molecule has 0 unspecified atom stereocenters. The molecule has 5 heteroatoms. The van der Waals surface area contributed by atoms with Gasteiger partial charge in [-0.15, -0.1) is 0 Å². The molecule has 1 heterocycles. The monoisotopic (exact) mass is 192 g/mol. The average molecular weight is 192 g/mol. The number of nitrogen functional groups attached to an aromatic ring is 1. The number of benzene rings is 1. The Bertz CT molecular complexity index is 464. The first-order valence-corrected chi connectivity index (χ1v) is 4.08. The van der Waals surface area contributed by atoms with Crippen LogP contribution in [0.5, 0.6) is 0 Å². The van der Waals surface area contributed by atoms with Gasteiger partial charge in [0.15, 0.2) is 5.82 Å². The van der Waals surface area contributed by atoms with Crippen LogP contribution in [0.1, 0.15) is 0 Å². The van der Waals surface area contributed by atoms with Crippen LogP contribution in [-0.2, 0) is 7.05 Å². The Morgan fingerprint density at radius 2 is 2.21 bits per heavy atom. The Balaban J connectivity index is 2.62. The number of anilines is 1. The summed E-state index contributed by atoms with van der Waals surface area (Å²) in [6, 6.07) is 4.17. The van der Waals surface area contributed by atoms with Crippen LogP contribution in [0.15, 0.2) is 24.5 Å². The Labute approximate surface area is 80.2 Å². The fraction of sp³-hybridized carbons (Fsp3) is 0.111. The van der Waals surface area contributed by atoms with E-state index < -0.39 is 0 Å². The van der Waals surface area contributed by atoms with Gasteiger partial charge in [-0.1, -0.05) is 0 Å². The first kappa shape index (κ1) is 8.68. The molecule has 0 bridgehead atoms. The quantitative estimate of drug-likeness (QED) is 0.691. The van der Waals surface area contributed by atoms with Crippen LogP contribution in [-0.4, -0.2) is 14.8 Å². The number of aryl methyl sites for hydroxylation is 1. The first-order valence-electron chi connectivity index (χ1n) is 4.08. The molecule has 0 radical (unpaired) electrons. The summed E-state index contributed by atoms with van der Waals surface area (Å²) in [6.45, 7) is 0. The van der Waals surface area contributed by atoms with E-state index in [0.29, 0.717) is 17.1 Å². The van der Waals surface area contributed by atoms with Gasteiger partial charge >= 0.3 is 0 Å². The van der Waals surface area contributed by atoms with Crippen molar-refractivity contribution in [2.24, 2.45) is 7.05 Å². The minimum absolute atomic E-state index is 0.336. The number of halogens is 1. The summed E-state index contributed by atoms with van der Waals surface area (Å²) in [4.78, 5) is 3.99. The smallest absolute Gasteiger partial charge is 0.159 e. The van der Waals surface area contributed by atoms with Crippen LogP contribution < -0.4 is 5.73 Å². The SMILES string of the molecule is Cn1ncnc1-c1cc(F)ccc1N. The second-order valence-electron chi connectivity index (χ2n) is 2.94. The maximum atomic E-state index is 13.0. The second-order valence-corrected chi connectivity index (χ2v) is 2.94. The van der Waals surface area contributed by atoms with Gasteiger partial charge in [-0.05, 0) is 18.2 Å². The molecule has 2 rings (SSSR count). The van der Waals surface area contributed by atoms with Gasteiger partial charge in [0, 0.05) is 18.3 Å². The number of nitrogens with zero attached hydrogens (tertiary/aromatic N) is 3. The molecule has 4 nitrogen and oxygen atoms in total. The normalized spacial score (nSPS) is 10.4. The van der Waals surface area contributed by atoms with Crippen molar-refractivity contribution in [1.82, 2.24) is 14.8 Å². The molecule has 0 saturated carbocycles. The highest BCUT2D eigenvalue weighted by Crippen LogP contribution is 2.23. The molecule has 72 valence electrons. The van der Waals surface area contributed by atoms with Gasteiger partial charge in [0.1, 0.15) is 12.1 Å². The zero-order chi connectivity index (χ0) is 10.1. The number of aromatic nitrogens is 3. The van der Waals surface area contributed by atoms with E-state index in [4.69, 9.17) is 5.73 Å². The standard InChI is InChI=1S/C9H9FN4/c1-14-9(12-5-13-14)7-4-6(10)2-3-8(7)11/h2-5H,11H2,1H3. The Kier molecular flexibility index (Phi) is 1.92. The summed E-state index contributed by atoms with van der Waals surface area (Å²) in [5.74, 6) is 0.221. The summed E-state index contributed by atoms with van der Waals surface area (Å²) in [5, 5.41) is 3.89. The molecule has 14 heavy (non-hydrogen) atoms. The van der Waals surface area contributed by atoms with Crippen molar-refractivity contribution >= 4 is 5.69 Å². The third-order valence-corrected chi connectivity index (χ3v) is 1.97. The highest BCUT2D eigenvalue weighted by Gasteiger charge is 2.08. The van der Waals surface area contributed by atoms with E-state index >= 15 is 0 Å². The lowest BCUT2D eigenvalue weighted by Gasteiger charge is -2.03. The predicted molar refractivity (Wildman–Crippen MR) is 50.8 cm³/mol. The van der Waals surface area contributed by atoms with E-state index in [9.17, 15) is 4.39 Å². The topological polar surface area (TPSA) is 56.7 Å². The number of nitrogens with two attached hydrogens (primary N) is 1. The molecule has 0 fully saturated rings. The van der Waals surface area contributed by atoms with E-state index in [1.807, 2.05) is 0 Å². The number of rotatable bonds is 1. The molecule has 0 saturated heterocycles. The van der Waals surface area contributed by atoms with Crippen molar-refractivity contribution < 1.29 is 4.39 Å². The molecule has 0 aliphatic carbocycles. The van der Waals surface area contributed by atoms with Crippen LogP contribution in [0, 0.1) is 5.82 Å². The maximum absolute atomic E-state index is 13.0. The first-order chi connectivity index (χ1) is 6.68. The highest BCUT2D eigenvalue weighted by molar-refractivity contribution is 5.71. The molecule has 2 aromatic rings. The van der Waals surface area contributed by atoms with Crippen molar-refractivity contribution in [3.05, 3.63) is 30.3 Å². The summed E-state index contributed by atoms with van der Waals surface area (Å²) < 4.78 is 14.5. The zero-order valence-electron chi connectivity index (χ0n) is 7.61. The summed E-state index contributed by atoms with van der Waals surface area (Å²) in [7, 11) is 1.73. The van der Waals surface area contributed by atoms with E-state index in [2.05, 4.69) is 10.1 Å². The van der Waals surface area contributed by atoms with Crippen LogP contribution in [0.25, 0.3) is 11.4 Å². The van der Waals surface area contributed by atoms with E-state index in [0.717, 1.165) is 0 Å². The van der Waals surface area contributed by atoms with Crippen molar-refractivity contribution in [2.45, 2.75) is 0 Å². The number of hydrogen-bond donors (Lipinski definition) is 1. The third kappa shape index (κ3) is 1.32. The van der Waals surface area contributed by atoms with E-state index in [1.165, 1.54) is 24.5 Å². The average Bonchev–Trinajstić information content (AvgIpc) is 2.56. The molecule has 1 aromatic heterocycles. The van der Waals surface area contributed by atoms with Gasteiger partial charge in [-0.3, -0.25) is 0 Å². The Morgan fingerprint density at radius 3 is 2.86 bits per heavy atom. The van der Waals surface area contributed by atoms with Gasteiger partial charge in [0.05, 0.1) is 0 Å². The number of hydrogen-bond acceptors (Lipinski definition) is 3. The summed E-state index contributed by atoms with van der Waals surface area (Å²) in [5.41, 5.74) is 6.75. The van der Waals surface area contributed by atoms with Gasteiger partial charge in [-0.2, -0.15) is 5.10 Å². The largest absolute Gasteiger partial charge is 0.398 e. The van der Waals surface area contributed by atoms with Crippen LogP contribution >= 0.6 is 0 Å². The minimum atomic E-state index is -0.336. The molecule has 0 aliphatic rings. The van der Waals surface area contributed by atoms with Gasteiger partial charge in [0.2, 0.25) is 0 Å². The van der Waals surface area contributed by atoms with Gasteiger partial charge in [-0.25, -0.2) is 14.1 Å². The van der Waals surface area contributed by atoms with E-state index in [1.54, 1.807) is 11.7 Å². The van der Waals surface area contributed by atoms with Crippen molar-refractivity contribution in [3.63, 3.8) is 0 Å². The van der Waals surface area contributed by atoms with Crippen molar-refractivity contribution in [3.8, 4) is 11.4 Å². The molecule has 1 aromatic carbocycles.